The molecule has 0 radical (unpaired) electrons. The molecule has 1 heterocycles. The molecule has 0 saturated heterocycles. The molecule has 23 heavy (non-hydrogen) atoms. The number of nitrogens with zero attached hydrogens (tertiary/aromatic N) is 1. The Labute approximate surface area is 132 Å². The first-order chi connectivity index (χ1) is 10.9. The van der Waals surface area contributed by atoms with Crippen molar-refractivity contribution in [3.05, 3.63) is 46.7 Å². The number of hydrogen-bond donors (Lipinski definition) is 1. The second kappa shape index (κ2) is 6.76. The molecule has 7 heteroatoms. The summed E-state index contributed by atoms with van der Waals surface area (Å²) in [5.74, 6) is -2.64. The average molecular weight is 324 g/mol. The Kier molecular flexibility index (Phi) is 4.98. The first-order valence-electron chi connectivity index (χ1n) is 7.31. The number of carbonyl (C=O) groups excluding carboxylic acids is 2. The van der Waals surface area contributed by atoms with E-state index in [4.69, 9.17) is 4.74 Å². The van der Waals surface area contributed by atoms with E-state index in [-0.39, 0.29) is 17.7 Å². The molecule has 0 saturated carbocycles. The van der Waals surface area contributed by atoms with Crippen LogP contribution in [0.4, 0.5) is 13.6 Å². The quantitative estimate of drug-likeness (QED) is 0.867. The highest BCUT2D eigenvalue weighted by Crippen LogP contribution is 2.31. The maximum absolute atomic E-state index is 13.5. The van der Waals surface area contributed by atoms with E-state index in [0.717, 1.165) is 12.1 Å². The van der Waals surface area contributed by atoms with Crippen LogP contribution in [0.5, 0.6) is 0 Å². The van der Waals surface area contributed by atoms with E-state index in [1.54, 1.807) is 20.8 Å². The number of carbonyl (C=O) groups is 2. The third-order valence-electron chi connectivity index (χ3n) is 3.68. The molecule has 0 aliphatic carbocycles. The van der Waals surface area contributed by atoms with Crippen molar-refractivity contribution >= 4 is 12.0 Å². The highest BCUT2D eigenvalue weighted by atomic mass is 19.2. The van der Waals surface area contributed by atoms with Crippen LogP contribution in [0.2, 0.25) is 0 Å². The van der Waals surface area contributed by atoms with Gasteiger partial charge >= 0.3 is 12.0 Å². The maximum atomic E-state index is 13.5. The number of rotatable bonds is 4. The fourth-order valence-electron chi connectivity index (χ4n) is 2.58. The summed E-state index contributed by atoms with van der Waals surface area (Å²) in [6.45, 7) is 5.59. The summed E-state index contributed by atoms with van der Waals surface area (Å²) in [5.41, 5.74) is 0.916. The summed E-state index contributed by atoms with van der Waals surface area (Å²) in [7, 11) is 0. The molecule has 2 amide bonds. The van der Waals surface area contributed by atoms with Gasteiger partial charge in [-0.05, 0) is 38.5 Å². The molecule has 124 valence electrons. The fourth-order valence-corrected chi connectivity index (χ4v) is 2.58. The highest BCUT2D eigenvalue weighted by molar-refractivity contribution is 5.95. The van der Waals surface area contributed by atoms with Crippen LogP contribution in [0.25, 0.3) is 0 Å². The molecular formula is C16H18F2N2O3. The zero-order valence-electron chi connectivity index (χ0n) is 13.2. The summed E-state index contributed by atoms with van der Waals surface area (Å²) in [6.07, 6.45) is 0. The van der Waals surface area contributed by atoms with Crippen LogP contribution < -0.4 is 5.32 Å². The second-order valence-corrected chi connectivity index (χ2v) is 5.02. The SMILES string of the molecule is CCOC(=O)C1=C(C)N(CC)C(=O)N[C@H]1c1ccc(F)c(F)c1. The van der Waals surface area contributed by atoms with E-state index in [1.165, 1.54) is 11.0 Å². The van der Waals surface area contributed by atoms with Crippen LogP contribution in [0.15, 0.2) is 29.5 Å². The Balaban J connectivity index is 2.54. The molecule has 1 aromatic carbocycles. The van der Waals surface area contributed by atoms with Crippen molar-refractivity contribution in [1.29, 1.82) is 0 Å². The lowest BCUT2D eigenvalue weighted by Gasteiger charge is -2.34. The van der Waals surface area contributed by atoms with Gasteiger partial charge in [0.25, 0.3) is 0 Å². The lowest BCUT2D eigenvalue weighted by molar-refractivity contribution is -0.139. The number of amides is 2. The Hall–Kier alpha value is -2.44. The number of esters is 1. The number of ether oxygens (including phenoxy) is 1. The Morgan fingerprint density at radius 2 is 2.00 bits per heavy atom. The Morgan fingerprint density at radius 1 is 1.30 bits per heavy atom. The zero-order chi connectivity index (χ0) is 17.1. The predicted molar refractivity (Wildman–Crippen MR) is 79.3 cm³/mol. The highest BCUT2D eigenvalue weighted by Gasteiger charge is 2.36. The lowest BCUT2D eigenvalue weighted by atomic mass is 9.94. The summed E-state index contributed by atoms with van der Waals surface area (Å²) in [5, 5.41) is 2.64. The van der Waals surface area contributed by atoms with Gasteiger partial charge in [0.15, 0.2) is 11.6 Å². The van der Waals surface area contributed by atoms with Gasteiger partial charge in [0.2, 0.25) is 0 Å². The van der Waals surface area contributed by atoms with Gasteiger partial charge in [0, 0.05) is 12.2 Å². The largest absolute Gasteiger partial charge is 0.463 e. The Morgan fingerprint density at radius 3 is 2.57 bits per heavy atom. The van der Waals surface area contributed by atoms with Crippen LogP contribution in [0.3, 0.4) is 0 Å². The van der Waals surface area contributed by atoms with Gasteiger partial charge in [0.05, 0.1) is 18.2 Å². The average Bonchev–Trinajstić information content (AvgIpc) is 2.50. The molecule has 0 aromatic heterocycles. The molecule has 0 fully saturated rings. The molecule has 0 bridgehead atoms. The molecule has 1 aliphatic rings. The van der Waals surface area contributed by atoms with Gasteiger partial charge in [-0.2, -0.15) is 0 Å². The minimum atomic E-state index is -1.05. The van der Waals surface area contributed by atoms with E-state index in [9.17, 15) is 18.4 Å². The summed E-state index contributed by atoms with van der Waals surface area (Å²) >= 11 is 0. The van der Waals surface area contributed by atoms with Crippen LogP contribution in [0.1, 0.15) is 32.4 Å². The monoisotopic (exact) mass is 324 g/mol. The normalized spacial score (nSPS) is 18.0. The number of nitrogens with one attached hydrogen (secondary N) is 1. The Bertz CT molecular complexity index is 673. The van der Waals surface area contributed by atoms with E-state index in [0.29, 0.717) is 12.2 Å². The topological polar surface area (TPSA) is 58.6 Å². The number of benzene rings is 1. The van der Waals surface area contributed by atoms with Gasteiger partial charge in [-0.25, -0.2) is 18.4 Å². The summed E-state index contributed by atoms with van der Waals surface area (Å²) in [6, 6.07) is 1.96. The molecule has 1 aromatic rings. The fraction of sp³-hybridized carbons (Fsp3) is 0.375. The van der Waals surface area contributed by atoms with Crippen molar-refractivity contribution < 1.29 is 23.1 Å². The number of allylic oxidation sites excluding steroid dienone is 1. The first-order valence-corrected chi connectivity index (χ1v) is 7.31. The smallest absolute Gasteiger partial charge is 0.338 e. The third kappa shape index (κ3) is 3.18. The van der Waals surface area contributed by atoms with Crippen molar-refractivity contribution in [2.45, 2.75) is 26.8 Å². The standard InChI is InChI=1S/C16H18F2N2O3/c1-4-20-9(3)13(15(21)23-5-2)14(19-16(20)22)10-6-7-11(17)12(18)8-10/h6-8,14H,4-5H2,1-3H3,(H,19,22)/t14-/m0/s1. The number of urea groups is 1. The zero-order valence-corrected chi connectivity index (χ0v) is 13.2. The van der Waals surface area contributed by atoms with Crippen molar-refractivity contribution in [1.82, 2.24) is 10.2 Å². The molecule has 0 unspecified atom stereocenters. The van der Waals surface area contributed by atoms with Gasteiger partial charge in [-0.1, -0.05) is 6.07 Å². The van der Waals surface area contributed by atoms with Crippen LogP contribution in [0, 0.1) is 11.6 Å². The van der Waals surface area contributed by atoms with Crippen LogP contribution >= 0.6 is 0 Å². The molecular weight excluding hydrogens is 306 g/mol. The summed E-state index contributed by atoms with van der Waals surface area (Å²) in [4.78, 5) is 25.8. The van der Waals surface area contributed by atoms with E-state index in [2.05, 4.69) is 5.32 Å². The molecule has 1 N–H and O–H groups in total. The predicted octanol–water partition coefficient (Wildman–Crippen LogP) is 2.89. The lowest BCUT2D eigenvalue weighted by Crippen LogP contribution is -2.47. The second-order valence-electron chi connectivity index (χ2n) is 5.02. The van der Waals surface area contributed by atoms with Crippen molar-refractivity contribution in [2.24, 2.45) is 0 Å². The maximum Gasteiger partial charge on any atom is 0.338 e. The third-order valence-corrected chi connectivity index (χ3v) is 3.68. The van der Waals surface area contributed by atoms with Gasteiger partial charge in [-0.3, -0.25) is 4.90 Å². The van der Waals surface area contributed by atoms with Crippen molar-refractivity contribution in [3.8, 4) is 0 Å². The van der Waals surface area contributed by atoms with Gasteiger partial charge in [0.1, 0.15) is 0 Å². The van der Waals surface area contributed by atoms with E-state index >= 15 is 0 Å². The molecule has 1 aliphatic heterocycles. The van der Waals surface area contributed by atoms with E-state index in [1.807, 2.05) is 0 Å². The minimum Gasteiger partial charge on any atom is -0.463 e. The van der Waals surface area contributed by atoms with Gasteiger partial charge in [-0.15, -0.1) is 0 Å². The van der Waals surface area contributed by atoms with Crippen LogP contribution in [-0.2, 0) is 9.53 Å². The molecule has 5 nitrogen and oxygen atoms in total. The van der Waals surface area contributed by atoms with Crippen molar-refractivity contribution in [2.75, 3.05) is 13.2 Å². The molecule has 1 atom stereocenters. The molecule has 2 rings (SSSR count). The van der Waals surface area contributed by atoms with Gasteiger partial charge < -0.3 is 10.1 Å². The minimum absolute atomic E-state index is 0.167. The number of hydrogen-bond acceptors (Lipinski definition) is 3. The van der Waals surface area contributed by atoms with Crippen molar-refractivity contribution in [3.63, 3.8) is 0 Å². The first kappa shape index (κ1) is 16.9. The molecule has 0 spiro atoms. The summed E-state index contributed by atoms with van der Waals surface area (Å²) < 4.78 is 31.7. The number of halogens is 2. The van der Waals surface area contributed by atoms with E-state index < -0.39 is 29.7 Å². The van der Waals surface area contributed by atoms with Crippen LogP contribution in [-0.4, -0.2) is 30.1 Å².